The highest BCUT2D eigenvalue weighted by atomic mass is 35.5. The number of aromatic nitrogens is 2. The van der Waals surface area contributed by atoms with E-state index in [0.29, 0.717) is 17.4 Å². The van der Waals surface area contributed by atoms with Crippen LogP contribution in [0.2, 0.25) is 5.02 Å². The van der Waals surface area contributed by atoms with Crippen molar-refractivity contribution in [2.45, 2.75) is 43.2 Å². The number of nitrogens with zero attached hydrogens (tertiary/aromatic N) is 2. The maximum absolute atomic E-state index is 13.0. The van der Waals surface area contributed by atoms with Crippen molar-refractivity contribution in [1.82, 2.24) is 9.55 Å². The molecule has 3 heterocycles. The van der Waals surface area contributed by atoms with Crippen LogP contribution in [0.1, 0.15) is 34.4 Å². The molecule has 28 heavy (non-hydrogen) atoms. The molecule has 3 aromatic rings. The van der Waals surface area contributed by atoms with Gasteiger partial charge in [0.15, 0.2) is 11.9 Å². The maximum Gasteiger partial charge on any atom is 0.262 e. The Morgan fingerprint density at radius 3 is 3.07 bits per heavy atom. The van der Waals surface area contributed by atoms with Crippen molar-refractivity contribution in [3.05, 3.63) is 49.1 Å². The van der Waals surface area contributed by atoms with Crippen LogP contribution in [0.15, 0.2) is 22.1 Å². The summed E-state index contributed by atoms with van der Waals surface area (Å²) in [6.07, 6.45) is 4.41. The highest BCUT2D eigenvalue weighted by Gasteiger charge is 2.22. The van der Waals surface area contributed by atoms with Gasteiger partial charge in [0.2, 0.25) is 0 Å². The number of halogens is 1. The Balaban J connectivity index is 1.50. The topological polar surface area (TPSA) is 53.4 Å². The zero-order valence-corrected chi connectivity index (χ0v) is 17.8. The van der Waals surface area contributed by atoms with Crippen molar-refractivity contribution in [2.24, 2.45) is 7.05 Å². The number of thiophene rings is 1. The molecule has 146 valence electrons. The zero-order chi connectivity index (χ0) is 19.3. The molecule has 0 bridgehead atoms. The average Bonchev–Trinajstić information content (AvgIpc) is 3.07. The van der Waals surface area contributed by atoms with Crippen molar-refractivity contribution < 1.29 is 9.47 Å². The van der Waals surface area contributed by atoms with Crippen LogP contribution in [0.25, 0.3) is 10.2 Å². The van der Waals surface area contributed by atoms with Crippen molar-refractivity contribution in [1.29, 1.82) is 0 Å². The third-order valence-corrected chi connectivity index (χ3v) is 7.75. The first-order valence-electron chi connectivity index (χ1n) is 9.27. The van der Waals surface area contributed by atoms with Crippen LogP contribution in [-0.2, 0) is 37.0 Å². The van der Waals surface area contributed by atoms with Gasteiger partial charge < -0.3 is 9.47 Å². The Bertz CT molecular complexity index is 1140. The molecule has 1 aliphatic heterocycles. The third kappa shape index (κ3) is 3.14. The quantitative estimate of drug-likeness (QED) is 0.442. The van der Waals surface area contributed by atoms with E-state index in [-0.39, 0.29) is 12.4 Å². The second-order valence-corrected chi connectivity index (χ2v) is 9.56. The number of fused-ring (bicyclic) bond motifs is 4. The van der Waals surface area contributed by atoms with Crippen molar-refractivity contribution in [3.63, 3.8) is 0 Å². The van der Waals surface area contributed by atoms with Gasteiger partial charge in [0.1, 0.15) is 10.6 Å². The molecule has 0 saturated heterocycles. The Labute approximate surface area is 175 Å². The van der Waals surface area contributed by atoms with E-state index in [0.717, 1.165) is 51.5 Å². The molecule has 0 unspecified atom stereocenters. The molecule has 2 aromatic heterocycles. The fourth-order valence-corrected chi connectivity index (χ4v) is 6.41. The van der Waals surface area contributed by atoms with Gasteiger partial charge in [0, 0.05) is 33.8 Å². The van der Waals surface area contributed by atoms with Gasteiger partial charge in [-0.05, 0) is 43.4 Å². The van der Waals surface area contributed by atoms with Gasteiger partial charge in [-0.3, -0.25) is 9.36 Å². The fraction of sp³-hybridized carbons (Fsp3) is 0.400. The molecule has 0 N–H and O–H groups in total. The molecule has 1 aromatic carbocycles. The standard InChI is InChI=1S/C20H19ClN2O3S2/c1-23-19(24)16-14-4-2-3-5-15(14)28-18(16)22-20(23)27-9-12-7-13(21)6-11-8-25-10-26-17(11)12/h6-7H,2-5,8-10H2,1H3. The number of thioether (sulfide) groups is 1. The van der Waals surface area contributed by atoms with Crippen LogP contribution in [0, 0.1) is 0 Å². The van der Waals surface area contributed by atoms with Crippen LogP contribution in [0.4, 0.5) is 0 Å². The summed E-state index contributed by atoms with van der Waals surface area (Å²) in [4.78, 5) is 20.1. The lowest BCUT2D eigenvalue weighted by Gasteiger charge is -2.21. The van der Waals surface area contributed by atoms with Crippen LogP contribution in [0.3, 0.4) is 0 Å². The molecule has 5 nitrogen and oxygen atoms in total. The Kier molecular flexibility index (Phi) is 4.87. The number of rotatable bonds is 3. The van der Waals surface area contributed by atoms with E-state index < -0.39 is 0 Å². The second kappa shape index (κ2) is 7.37. The average molecular weight is 435 g/mol. The minimum Gasteiger partial charge on any atom is -0.467 e. The van der Waals surface area contributed by atoms with Gasteiger partial charge in [0.05, 0.1) is 12.0 Å². The molecule has 0 amide bonds. The number of hydrogen-bond donors (Lipinski definition) is 0. The van der Waals surface area contributed by atoms with Gasteiger partial charge in [-0.2, -0.15) is 0 Å². The molecular formula is C20H19ClN2O3S2. The lowest BCUT2D eigenvalue weighted by molar-refractivity contribution is -0.0168. The van der Waals surface area contributed by atoms with Crippen LogP contribution in [-0.4, -0.2) is 16.3 Å². The normalized spacial score (nSPS) is 15.9. The van der Waals surface area contributed by atoms with Crippen molar-refractivity contribution >= 4 is 44.9 Å². The van der Waals surface area contributed by atoms with Crippen molar-refractivity contribution in [3.8, 4) is 5.75 Å². The number of aryl methyl sites for hydroxylation is 2. The molecule has 5 rings (SSSR count). The number of hydrogen-bond acceptors (Lipinski definition) is 6. The van der Waals surface area contributed by atoms with E-state index in [9.17, 15) is 4.79 Å². The monoisotopic (exact) mass is 434 g/mol. The summed E-state index contributed by atoms with van der Waals surface area (Å²) in [6, 6.07) is 3.79. The van der Waals surface area contributed by atoms with Gasteiger partial charge >= 0.3 is 0 Å². The Morgan fingerprint density at radius 2 is 2.18 bits per heavy atom. The fourth-order valence-electron chi connectivity index (χ4n) is 3.90. The van der Waals surface area contributed by atoms with Crippen molar-refractivity contribution in [2.75, 3.05) is 6.79 Å². The lowest BCUT2D eigenvalue weighted by Crippen LogP contribution is -2.20. The highest BCUT2D eigenvalue weighted by molar-refractivity contribution is 7.98. The molecular weight excluding hydrogens is 416 g/mol. The highest BCUT2D eigenvalue weighted by Crippen LogP contribution is 2.37. The molecule has 0 fully saturated rings. The first kappa shape index (κ1) is 18.5. The van der Waals surface area contributed by atoms with Crippen LogP contribution < -0.4 is 10.3 Å². The first-order chi connectivity index (χ1) is 13.6. The summed E-state index contributed by atoms with van der Waals surface area (Å²) in [5.74, 6) is 1.46. The molecule has 0 atom stereocenters. The molecule has 2 aliphatic rings. The van der Waals surface area contributed by atoms with Gasteiger partial charge in [0.25, 0.3) is 5.56 Å². The predicted molar refractivity (Wildman–Crippen MR) is 113 cm³/mol. The molecule has 0 radical (unpaired) electrons. The van der Waals surface area contributed by atoms with Crippen LogP contribution >= 0.6 is 34.7 Å². The van der Waals surface area contributed by atoms with Gasteiger partial charge in [-0.1, -0.05) is 23.4 Å². The summed E-state index contributed by atoms with van der Waals surface area (Å²) in [6.45, 7) is 0.743. The Hall–Kier alpha value is -1.54. The SMILES string of the molecule is Cn1c(SCc2cc(Cl)cc3c2OCOC3)nc2sc3c(c2c1=O)CCCC3. The predicted octanol–water partition coefficient (Wildman–Crippen LogP) is 4.69. The third-order valence-electron chi connectivity index (χ3n) is 5.26. The van der Waals surface area contributed by atoms with Gasteiger partial charge in [-0.15, -0.1) is 11.3 Å². The molecule has 0 spiro atoms. The molecule has 8 heteroatoms. The summed E-state index contributed by atoms with van der Waals surface area (Å²) in [5.41, 5.74) is 3.24. The molecule has 1 aliphatic carbocycles. The summed E-state index contributed by atoms with van der Waals surface area (Å²) in [5, 5.41) is 2.20. The van der Waals surface area contributed by atoms with E-state index in [1.165, 1.54) is 28.6 Å². The van der Waals surface area contributed by atoms with Crippen LogP contribution in [0.5, 0.6) is 5.75 Å². The van der Waals surface area contributed by atoms with E-state index in [2.05, 4.69) is 0 Å². The molecule has 0 saturated carbocycles. The summed E-state index contributed by atoms with van der Waals surface area (Å²) in [7, 11) is 1.81. The smallest absolute Gasteiger partial charge is 0.262 e. The van der Waals surface area contributed by atoms with E-state index >= 15 is 0 Å². The van der Waals surface area contributed by atoms with Gasteiger partial charge in [-0.25, -0.2) is 4.98 Å². The lowest BCUT2D eigenvalue weighted by atomic mass is 9.97. The second-order valence-electron chi connectivity index (χ2n) is 7.10. The Morgan fingerprint density at radius 1 is 1.32 bits per heavy atom. The van der Waals surface area contributed by atoms with E-state index in [1.54, 1.807) is 15.9 Å². The largest absolute Gasteiger partial charge is 0.467 e. The minimum atomic E-state index is 0.0599. The first-order valence-corrected chi connectivity index (χ1v) is 11.5. The summed E-state index contributed by atoms with van der Waals surface area (Å²) >= 11 is 9.49. The number of ether oxygens (including phenoxy) is 2. The van der Waals surface area contributed by atoms with E-state index in [1.807, 2.05) is 19.2 Å². The number of benzene rings is 1. The minimum absolute atomic E-state index is 0.0599. The zero-order valence-electron chi connectivity index (χ0n) is 15.4. The summed E-state index contributed by atoms with van der Waals surface area (Å²) < 4.78 is 12.7. The maximum atomic E-state index is 13.0. The van der Waals surface area contributed by atoms with E-state index in [4.69, 9.17) is 26.1 Å².